The van der Waals surface area contributed by atoms with Crippen LogP contribution < -0.4 is 10.2 Å². The van der Waals surface area contributed by atoms with Crippen LogP contribution in [0.25, 0.3) is 10.9 Å². The molecular formula is C25H28N6O3. The number of nitrogens with zero attached hydrogens (tertiary/aromatic N) is 5. The van der Waals surface area contributed by atoms with E-state index in [0.29, 0.717) is 51.6 Å². The van der Waals surface area contributed by atoms with Crippen molar-refractivity contribution in [1.82, 2.24) is 19.8 Å². The zero-order valence-corrected chi connectivity index (χ0v) is 18.9. The Hall–Kier alpha value is -3.88. The Bertz CT molecular complexity index is 1180. The summed E-state index contributed by atoms with van der Waals surface area (Å²) in [6.07, 6.45) is 0.359. The number of likely N-dealkylation sites (tertiary alicyclic amines) is 1. The van der Waals surface area contributed by atoms with Crippen molar-refractivity contribution in [3.05, 3.63) is 60.2 Å². The van der Waals surface area contributed by atoms with Crippen LogP contribution in [0, 0.1) is 0 Å². The highest BCUT2D eigenvalue weighted by Crippen LogP contribution is 2.27. The number of piperazine rings is 1. The van der Waals surface area contributed by atoms with Gasteiger partial charge in [0.25, 0.3) is 0 Å². The Morgan fingerprint density at radius 3 is 2.41 bits per heavy atom. The van der Waals surface area contributed by atoms with E-state index in [2.05, 4.69) is 10.2 Å². The molecule has 0 radical (unpaired) electrons. The van der Waals surface area contributed by atoms with Gasteiger partial charge in [-0.2, -0.15) is 4.98 Å². The van der Waals surface area contributed by atoms with Crippen LogP contribution in [-0.2, 0) is 11.2 Å². The molecule has 2 aliphatic heterocycles. The van der Waals surface area contributed by atoms with Crippen LogP contribution in [0.15, 0.2) is 54.6 Å². The first kappa shape index (κ1) is 21.9. The number of nitrogens with one attached hydrogen (secondary N) is 1. The Labute approximate surface area is 198 Å². The molecule has 0 saturated carbocycles. The average molecular weight is 461 g/mol. The Balaban J connectivity index is 1.29. The quantitative estimate of drug-likeness (QED) is 0.604. The third-order valence-electron chi connectivity index (χ3n) is 6.51. The fourth-order valence-corrected chi connectivity index (χ4v) is 4.64. The third-order valence-corrected chi connectivity index (χ3v) is 6.51. The summed E-state index contributed by atoms with van der Waals surface area (Å²) < 4.78 is 0. The molecule has 9 nitrogen and oxygen atoms in total. The molecule has 9 heteroatoms. The highest BCUT2D eigenvalue weighted by Gasteiger charge is 2.28. The van der Waals surface area contributed by atoms with Crippen molar-refractivity contribution in [2.24, 2.45) is 0 Å². The molecule has 2 fully saturated rings. The summed E-state index contributed by atoms with van der Waals surface area (Å²) in [5.41, 5.74) is 1.86. The molecule has 0 unspecified atom stereocenters. The van der Waals surface area contributed by atoms with Gasteiger partial charge in [-0.3, -0.25) is 4.79 Å². The number of anilines is 2. The maximum atomic E-state index is 12.7. The van der Waals surface area contributed by atoms with Crippen molar-refractivity contribution < 1.29 is 14.7 Å². The van der Waals surface area contributed by atoms with E-state index in [1.54, 1.807) is 0 Å². The van der Waals surface area contributed by atoms with Crippen molar-refractivity contribution in [1.29, 1.82) is 0 Å². The van der Waals surface area contributed by atoms with Gasteiger partial charge in [0.15, 0.2) is 0 Å². The van der Waals surface area contributed by atoms with Crippen molar-refractivity contribution in [3.63, 3.8) is 0 Å². The van der Waals surface area contributed by atoms with Crippen molar-refractivity contribution in [2.45, 2.75) is 18.9 Å². The minimum Gasteiger partial charge on any atom is -0.465 e. The standard InChI is InChI=1S/C25H28N6O3/c32-22(16-18-6-2-1-3-7-18)31-11-10-19(17-31)26-24-27-21-9-5-4-8-20(21)23(28-24)29-12-14-30(15-13-29)25(33)34/h1-9,19H,10-17H2,(H,33,34)(H,26,27,28)/t19-/m0/s1. The van der Waals surface area contributed by atoms with Gasteiger partial charge in [0.05, 0.1) is 11.9 Å². The number of benzene rings is 2. The number of rotatable bonds is 5. The van der Waals surface area contributed by atoms with Gasteiger partial charge in [0.2, 0.25) is 11.9 Å². The van der Waals surface area contributed by atoms with E-state index in [0.717, 1.165) is 28.7 Å². The predicted octanol–water partition coefficient (Wildman–Crippen LogP) is 2.69. The van der Waals surface area contributed by atoms with E-state index in [9.17, 15) is 14.7 Å². The van der Waals surface area contributed by atoms with Gasteiger partial charge in [0, 0.05) is 50.7 Å². The smallest absolute Gasteiger partial charge is 0.407 e. The van der Waals surface area contributed by atoms with Gasteiger partial charge in [-0.25, -0.2) is 9.78 Å². The van der Waals surface area contributed by atoms with Gasteiger partial charge in [-0.15, -0.1) is 0 Å². The number of amides is 2. The number of hydrogen-bond acceptors (Lipinski definition) is 6. The molecule has 3 heterocycles. The number of carboxylic acid groups (broad SMARTS) is 1. The topological polar surface area (TPSA) is 102 Å². The van der Waals surface area contributed by atoms with Crippen LogP contribution in [0.5, 0.6) is 0 Å². The third kappa shape index (κ3) is 4.73. The maximum Gasteiger partial charge on any atom is 0.407 e. The number of hydrogen-bond donors (Lipinski definition) is 2. The van der Waals surface area contributed by atoms with E-state index in [1.165, 1.54) is 4.90 Å². The largest absolute Gasteiger partial charge is 0.465 e. The summed E-state index contributed by atoms with van der Waals surface area (Å²) in [5.74, 6) is 1.48. The van der Waals surface area contributed by atoms with Crippen molar-refractivity contribution in [3.8, 4) is 0 Å². The zero-order valence-electron chi connectivity index (χ0n) is 18.9. The number of para-hydroxylation sites is 1. The molecule has 1 atom stereocenters. The van der Waals surface area contributed by atoms with Crippen molar-refractivity contribution >= 4 is 34.7 Å². The van der Waals surface area contributed by atoms with Gasteiger partial charge >= 0.3 is 6.09 Å². The second-order valence-corrected chi connectivity index (χ2v) is 8.78. The monoisotopic (exact) mass is 460 g/mol. The summed E-state index contributed by atoms with van der Waals surface area (Å²) in [7, 11) is 0. The van der Waals surface area contributed by atoms with Crippen LogP contribution in [0.3, 0.4) is 0 Å². The highest BCUT2D eigenvalue weighted by molar-refractivity contribution is 5.90. The summed E-state index contributed by atoms with van der Waals surface area (Å²) in [4.78, 5) is 39.0. The van der Waals surface area contributed by atoms with E-state index < -0.39 is 6.09 Å². The molecule has 5 rings (SSSR count). The lowest BCUT2D eigenvalue weighted by Crippen LogP contribution is -2.48. The fourth-order valence-electron chi connectivity index (χ4n) is 4.64. The second-order valence-electron chi connectivity index (χ2n) is 8.78. The Kier molecular flexibility index (Phi) is 6.16. The van der Waals surface area contributed by atoms with Crippen LogP contribution >= 0.6 is 0 Å². The van der Waals surface area contributed by atoms with Gasteiger partial charge in [-0.05, 0) is 24.1 Å². The summed E-state index contributed by atoms with van der Waals surface area (Å²) in [6.45, 7) is 3.38. The lowest BCUT2D eigenvalue weighted by molar-refractivity contribution is -0.129. The van der Waals surface area contributed by atoms with Gasteiger partial charge in [-0.1, -0.05) is 42.5 Å². The normalized spacial score (nSPS) is 18.4. The molecule has 2 saturated heterocycles. The lowest BCUT2D eigenvalue weighted by atomic mass is 10.1. The van der Waals surface area contributed by atoms with E-state index >= 15 is 0 Å². The molecule has 3 aromatic rings. The molecule has 34 heavy (non-hydrogen) atoms. The zero-order chi connectivity index (χ0) is 23.5. The predicted molar refractivity (Wildman–Crippen MR) is 130 cm³/mol. The number of aromatic nitrogens is 2. The molecule has 2 N–H and O–H groups in total. The molecule has 0 aliphatic carbocycles. The first-order chi connectivity index (χ1) is 16.6. The second kappa shape index (κ2) is 9.54. The summed E-state index contributed by atoms with van der Waals surface area (Å²) in [6, 6.07) is 17.8. The summed E-state index contributed by atoms with van der Waals surface area (Å²) in [5, 5.41) is 13.6. The molecule has 1 aromatic heterocycles. The Morgan fingerprint density at radius 1 is 0.912 bits per heavy atom. The van der Waals surface area contributed by atoms with E-state index in [1.807, 2.05) is 59.5 Å². The first-order valence-corrected chi connectivity index (χ1v) is 11.6. The maximum absolute atomic E-state index is 12.7. The van der Waals surface area contributed by atoms with Gasteiger partial charge < -0.3 is 25.1 Å². The van der Waals surface area contributed by atoms with Crippen molar-refractivity contribution in [2.75, 3.05) is 49.5 Å². The van der Waals surface area contributed by atoms with Crippen LogP contribution in [0.2, 0.25) is 0 Å². The van der Waals surface area contributed by atoms with Crippen LogP contribution in [-0.4, -0.2) is 82.2 Å². The number of carbonyl (C=O) groups excluding carboxylic acids is 1. The van der Waals surface area contributed by atoms with Crippen LogP contribution in [0.1, 0.15) is 12.0 Å². The molecule has 2 amide bonds. The molecule has 0 bridgehead atoms. The average Bonchev–Trinajstić information content (AvgIpc) is 3.33. The molecule has 0 spiro atoms. The SMILES string of the molecule is O=C(O)N1CCN(c2nc(N[C@H]3CCN(C(=O)Cc4ccccc4)C3)nc3ccccc23)CC1. The van der Waals surface area contributed by atoms with E-state index in [-0.39, 0.29) is 11.9 Å². The highest BCUT2D eigenvalue weighted by atomic mass is 16.4. The Morgan fingerprint density at radius 2 is 1.65 bits per heavy atom. The molecule has 2 aromatic carbocycles. The molecule has 176 valence electrons. The van der Waals surface area contributed by atoms with E-state index in [4.69, 9.17) is 9.97 Å². The lowest BCUT2D eigenvalue weighted by Gasteiger charge is -2.34. The first-order valence-electron chi connectivity index (χ1n) is 11.6. The minimum absolute atomic E-state index is 0.0811. The fraction of sp³-hybridized carbons (Fsp3) is 0.360. The molecular weight excluding hydrogens is 432 g/mol. The minimum atomic E-state index is -0.887. The van der Waals surface area contributed by atoms with Crippen LogP contribution in [0.4, 0.5) is 16.6 Å². The molecule has 2 aliphatic rings. The number of carbonyl (C=O) groups is 2. The number of fused-ring (bicyclic) bond motifs is 1. The summed E-state index contributed by atoms with van der Waals surface area (Å²) >= 11 is 0. The van der Waals surface area contributed by atoms with Gasteiger partial charge in [0.1, 0.15) is 5.82 Å².